The summed E-state index contributed by atoms with van der Waals surface area (Å²) in [4.78, 5) is 34.0. The van der Waals surface area contributed by atoms with E-state index in [1.807, 2.05) is 12.1 Å². The zero-order valence-electron chi connectivity index (χ0n) is 20.9. The zero-order valence-corrected chi connectivity index (χ0v) is 20.9. The number of carbonyl (C=O) groups is 1. The largest absolute Gasteiger partial charge is 0.451 e. The number of nitrogens with zero attached hydrogens (tertiary/aromatic N) is 6. The monoisotopic (exact) mass is 504 g/mol. The Morgan fingerprint density at radius 2 is 1.57 bits per heavy atom. The highest BCUT2D eigenvalue weighted by Gasteiger charge is 2.26. The Morgan fingerprint density at radius 3 is 2.22 bits per heavy atom. The number of piperazine rings is 2. The van der Waals surface area contributed by atoms with Crippen LogP contribution >= 0.6 is 0 Å². The van der Waals surface area contributed by atoms with Gasteiger partial charge < -0.3 is 23.9 Å². The van der Waals surface area contributed by atoms with E-state index in [0.29, 0.717) is 43.3 Å². The first-order valence-corrected chi connectivity index (χ1v) is 13.1. The third-order valence-corrected chi connectivity index (χ3v) is 7.55. The molecule has 6 rings (SSSR count). The van der Waals surface area contributed by atoms with Gasteiger partial charge in [-0.2, -0.15) is 0 Å². The summed E-state index contributed by atoms with van der Waals surface area (Å²) >= 11 is 0. The minimum absolute atomic E-state index is 0.0807. The van der Waals surface area contributed by atoms with Crippen molar-refractivity contribution in [1.82, 2.24) is 20.0 Å². The summed E-state index contributed by atoms with van der Waals surface area (Å²) in [5, 5.41) is 9.48. The van der Waals surface area contributed by atoms with Gasteiger partial charge in [0.2, 0.25) is 0 Å². The molecule has 1 amide bonds. The van der Waals surface area contributed by atoms with Crippen molar-refractivity contribution in [2.24, 2.45) is 0 Å². The number of para-hydroxylation sites is 1. The van der Waals surface area contributed by atoms with Crippen LogP contribution in [0.4, 0.5) is 11.6 Å². The van der Waals surface area contributed by atoms with Crippen LogP contribution in [0.3, 0.4) is 0 Å². The molecule has 0 radical (unpaired) electrons. The van der Waals surface area contributed by atoms with Gasteiger partial charge in [0, 0.05) is 71.6 Å². The summed E-state index contributed by atoms with van der Waals surface area (Å²) in [5.41, 5.74) is 0.222. The molecule has 1 aromatic carbocycles. The topological polar surface area (TPSA) is 95.3 Å². The molecular weight excluding hydrogens is 472 g/mol. The van der Waals surface area contributed by atoms with E-state index in [1.165, 1.54) is 18.9 Å². The smallest absolute Gasteiger partial charge is 0.289 e. The predicted molar refractivity (Wildman–Crippen MR) is 140 cm³/mol. The van der Waals surface area contributed by atoms with Crippen molar-refractivity contribution in [2.75, 3.05) is 75.3 Å². The molecule has 0 aliphatic carbocycles. The number of ether oxygens (including phenoxy) is 1. The van der Waals surface area contributed by atoms with E-state index >= 15 is 0 Å². The first-order valence-electron chi connectivity index (χ1n) is 13.1. The van der Waals surface area contributed by atoms with E-state index in [1.54, 1.807) is 29.2 Å². The van der Waals surface area contributed by atoms with Crippen molar-refractivity contribution in [2.45, 2.75) is 18.9 Å². The quantitative estimate of drug-likeness (QED) is 0.516. The number of hydrogen-bond acceptors (Lipinski definition) is 9. The molecule has 194 valence electrons. The van der Waals surface area contributed by atoms with Crippen LogP contribution in [0.15, 0.2) is 51.7 Å². The van der Waals surface area contributed by atoms with Gasteiger partial charge in [-0.05, 0) is 37.1 Å². The van der Waals surface area contributed by atoms with Crippen molar-refractivity contribution >= 4 is 28.5 Å². The number of amides is 1. The molecule has 0 spiro atoms. The molecule has 3 aromatic rings. The average molecular weight is 505 g/mol. The zero-order chi connectivity index (χ0) is 25.2. The Kier molecular flexibility index (Phi) is 6.75. The van der Waals surface area contributed by atoms with Gasteiger partial charge in [-0.25, -0.2) is 0 Å². The van der Waals surface area contributed by atoms with Crippen LogP contribution in [0, 0.1) is 0 Å². The summed E-state index contributed by atoms with van der Waals surface area (Å²) in [6.07, 6.45) is 2.75. The van der Waals surface area contributed by atoms with Gasteiger partial charge in [-0.15, -0.1) is 10.2 Å². The molecule has 10 heteroatoms. The number of fused-ring (bicyclic) bond motifs is 1. The molecule has 3 aliphatic heterocycles. The molecule has 0 N–H and O–H groups in total. The van der Waals surface area contributed by atoms with Crippen molar-refractivity contribution in [3.8, 4) is 0 Å². The van der Waals surface area contributed by atoms with Gasteiger partial charge >= 0.3 is 0 Å². The standard InChI is InChI=1S/C27H32N6O4/c34-22-18-24(37-23-6-2-1-5-21(22)23)27(35)33-15-13-32(14-16-33)26-8-7-25(28-29-26)31-11-9-30(10-12-31)19-20-4-3-17-36-20/h1-2,5-8,18,20H,3-4,9-17,19H2. The summed E-state index contributed by atoms with van der Waals surface area (Å²) in [6.45, 7) is 8.14. The van der Waals surface area contributed by atoms with Crippen LogP contribution < -0.4 is 15.2 Å². The number of anilines is 2. The Labute approximate surface area is 215 Å². The van der Waals surface area contributed by atoms with Gasteiger partial charge in [0.1, 0.15) is 5.58 Å². The highest BCUT2D eigenvalue weighted by atomic mass is 16.5. The number of hydrogen-bond donors (Lipinski definition) is 0. The molecule has 10 nitrogen and oxygen atoms in total. The second kappa shape index (κ2) is 10.5. The van der Waals surface area contributed by atoms with Gasteiger partial charge in [0.15, 0.2) is 22.8 Å². The van der Waals surface area contributed by atoms with E-state index < -0.39 is 0 Å². The minimum Gasteiger partial charge on any atom is -0.451 e. The molecule has 5 heterocycles. The Morgan fingerprint density at radius 1 is 0.892 bits per heavy atom. The molecule has 0 saturated carbocycles. The fourth-order valence-corrected chi connectivity index (χ4v) is 5.40. The van der Waals surface area contributed by atoms with Gasteiger partial charge in [-0.3, -0.25) is 14.5 Å². The summed E-state index contributed by atoms with van der Waals surface area (Å²) < 4.78 is 11.5. The van der Waals surface area contributed by atoms with Crippen molar-refractivity contribution in [3.05, 3.63) is 58.4 Å². The van der Waals surface area contributed by atoms with Crippen molar-refractivity contribution in [1.29, 1.82) is 0 Å². The second-order valence-electron chi connectivity index (χ2n) is 9.92. The molecule has 3 aliphatic rings. The maximum Gasteiger partial charge on any atom is 0.289 e. The number of rotatable bonds is 5. The van der Waals surface area contributed by atoms with E-state index in [0.717, 1.165) is 51.0 Å². The molecular formula is C27H32N6O4. The molecule has 1 atom stereocenters. The summed E-state index contributed by atoms with van der Waals surface area (Å²) in [5.74, 6) is 1.53. The first kappa shape index (κ1) is 23.9. The first-order chi connectivity index (χ1) is 18.1. The highest BCUT2D eigenvalue weighted by molar-refractivity contribution is 5.93. The van der Waals surface area contributed by atoms with Gasteiger partial charge in [-0.1, -0.05) is 12.1 Å². The van der Waals surface area contributed by atoms with Crippen LogP contribution in [-0.4, -0.2) is 97.5 Å². The Balaban J connectivity index is 1.02. The van der Waals surface area contributed by atoms with E-state index in [9.17, 15) is 9.59 Å². The number of carbonyl (C=O) groups excluding carboxylic acids is 1. The van der Waals surface area contributed by atoms with E-state index in [-0.39, 0.29) is 17.1 Å². The van der Waals surface area contributed by atoms with Crippen LogP contribution in [0.25, 0.3) is 11.0 Å². The normalized spacial score (nSPS) is 21.1. The fraction of sp³-hybridized carbons (Fsp3) is 0.481. The molecule has 3 saturated heterocycles. The lowest BCUT2D eigenvalue weighted by Crippen LogP contribution is -2.49. The Bertz CT molecular complexity index is 1290. The highest BCUT2D eigenvalue weighted by Crippen LogP contribution is 2.20. The van der Waals surface area contributed by atoms with Crippen LogP contribution in [-0.2, 0) is 4.74 Å². The molecule has 3 fully saturated rings. The van der Waals surface area contributed by atoms with Gasteiger partial charge in [0.25, 0.3) is 5.91 Å². The average Bonchev–Trinajstić information content (AvgIpc) is 3.46. The predicted octanol–water partition coefficient (Wildman–Crippen LogP) is 1.85. The molecule has 37 heavy (non-hydrogen) atoms. The molecule has 0 bridgehead atoms. The molecule has 2 aromatic heterocycles. The van der Waals surface area contributed by atoms with Crippen LogP contribution in [0.1, 0.15) is 23.4 Å². The minimum atomic E-state index is -0.262. The van der Waals surface area contributed by atoms with Gasteiger partial charge in [0.05, 0.1) is 11.5 Å². The third kappa shape index (κ3) is 5.17. The number of benzene rings is 1. The summed E-state index contributed by atoms with van der Waals surface area (Å²) in [6, 6.07) is 12.3. The number of aromatic nitrogens is 2. The fourth-order valence-electron chi connectivity index (χ4n) is 5.40. The van der Waals surface area contributed by atoms with E-state index in [4.69, 9.17) is 9.15 Å². The lowest BCUT2D eigenvalue weighted by atomic mass is 10.2. The van der Waals surface area contributed by atoms with E-state index in [2.05, 4.69) is 24.9 Å². The SMILES string of the molecule is O=C(c1cc(=O)c2ccccc2o1)N1CCN(c2ccc(N3CCN(CC4CCCO4)CC3)nn2)CC1. The maximum absolute atomic E-state index is 13.0. The lowest BCUT2D eigenvalue weighted by Gasteiger charge is -2.36. The lowest BCUT2D eigenvalue weighted by molar-refractivity contribution is 0.0711. The summed E-state index contributed by atoms with van der Waals surface area (Å²) in [7, 11) is 0. The van der Waals surface area contributed by atoms with Crippen LogP contribution in [0.5, 0.6) is 0 Å². The van der Waals surface area contributed by atoms with Crippen LogP contribution in [0.2, 0.25) is 0 Å². The molecule has 1 unspecified atom stereocenters. The van der Waals surface area contributed by atoms with Crippen molar-refractivity contribution in [3.63, 3.8) is 0 Å². The maximum atomic E-state index is 13.0. The Hall–Kier alpha value is -3.50. The second-order valence-corrected chi connectivity index (χ2v) is 9.92. The van der Waals surface area contributed by atoms with Crippen molar-refractivity contribution < 1.29 is 13.9 Å². The third-order valence-electron chi connectivity index (χ3n) is 7.55.